The Kier molecular flexibility index (Phi) is 8.87. The maximum Gasteiger partial charge on any atom is 0.260 e. The SMILES string of the molecule is CC1CCCC(C)N1C(=O)COc1ccc(C(=O)NCC(=O)NCCc2ccccc2)cc1. The monoisotopic (exact) mass is 451 g/mol. The molecule has 1 saturated heterocycles. The Morgan fingerprint density at radius 1 is 0.939 bits per heavy atom. The zero-order chi connectivity index (χ0) is 23.6. The Labute approximate surface area is 195 Å². The first kappa shape index (κ1) is 24.3. The zero-order valence-corrected chi connectivity index (χ0v) is 19.4. The number of nitrogens with one attached hydrogen (secondary N) is 2. The van der Waals surface area contributed by atoms with Crippen LogP contribution in [0.25, 0.3) is 0 Å². The predicted molar refractivity (Wildman–Crippen MR) is 127 cm³/mol. The molecule has 2 aromatic carbocycles. The van der Waals surface area contributed by atoms with Gasteiger partial charge in [-0.2, -0.15) is 0 Å². The van der Waals surface area contributed by atoms with Crippen molar-refractivity contribution in [3.05, 3.63) is 65.7 Å². The number of hydrogen-bond acceptors (Lipinski definition) is 4. The van der Waals surface area contributed by atoms with Crippen LogP contribution >= 0.6 is 0 Å². The third-order valence-electron chi connectivity index (χ3n) is 5.95. The molecular weight excluding hydrogens is 418 g/mol. The quantitative estimate of drug-likeness (QED) is 0.614. The van der Waals surface area contributed by atoms with E-state index in [0.717, 1.165) is 31.2 Å². The number of benzene rings is 2. The van der Waals surface area contributed by atoms with E-state index in [1.165, 1.54) is 0 Å². The van der Waals surface area contributed by atoms with Gasteiger partial charge in [-0.1, -0.05) is 30.3 Å². The first-order valence-corrected chi connectivity index (χ1v) is 11.6. The van der Waals surface area contributed by atoms with Crippen molar-refractivity contribution >= 4 is 17.7 Å². The molecule has 176 valence electrons. The van der Waals surface area contributed by atoms with E-state index in [2.05, 4.69) is 24.5 Å². The number of carbonyl (C=O) groups is 3. The molecule has 1 aliphatic heterocycles. The number of ether oxygens (including phenoxy) is 1. The minimum Gasteiger partial charge on any atom is -0.484 e. The summed E-state index contributed by atoms with van der Waals surface area (Å²) in [6.45, 7) is 4.55. The summed E-state index contributed by atoms with van der Waals surface area (Å²) < 4.78 is 5.64. The van der Waals surface area contributed by atoms with Crippen LogP contribution in [0.15, 0.2) is 54.6 Å². The number of piperidine rings is 1. The van der Waals surface area contributed by atoms with Crippen LogP contribution in [0.5, 0.6) is 5.75 Å². The number of amides is 3. The molecule has 0 aromatic heterocycles. The number of carbonyl (C=O) groups excluding carboxylic acids is 3. The van der Waals surface area contributed by atoms with E-state index < -0.39 is 0 Å². The van der Waals surface area contributed by atoms with Crippen LogP contribution < -0.4 is 15.4 Å². The van der Waals surface area contributed by atoms with E-state index in [-0.39, 0.29) is 43.0 Å². The van der Waals surface area contributed by atoms with Crippen molar-refractivity contribution in [3.8, 4) is 5.75 Å². The summed E-state index contributed by atoms with van der Waals surface area (Å²) in [5, 5.41) is 5.42. The van der Waals surface area contributed by atoms with Gasteiger partial charge in [-0.15, -0.1) is 0 Å². The molecule has 2 aromatic rings. The molecule has 2 N–H and O–H groups in total. The lowest BCUT2D eigenvalue weighted by Gasteiger charge is -2.38. The number of rotatable bonds is 9. The van der Waals surface area contributed by atoms with E-state index >= 15 is 0 Å². The van der Waals surface area contributed by atoms with Crippen molar-refractivity contribution in [2.24, 2.45) is 0 Å². The molecule has 1 aliphatic rings. The lowest BCUT2D eigenvalue weighted by molar-refractivity contribution is -0.139. The van der Waals surface area contributed by atoms with E-state index in [0.29, 0.717) is 17.9 Å². The third-order valence-corrected chi connectivity index (χ3v) is 5.95. The summed E-state index contributed by atoms with van der Waals surface area (Å²) in [5.41, 5.74) is 1.56. The average Bonchev–Trinajstić information content (AvgIpc) is 2.82. The number of hydrogen-bond donors (Lipinski definition) is 2. The Bertz CT molecular complexity index is 920. The van der Waals surface area contributed by atoms with Crippen LogP contribution in [-0.2, 0) is 16.0 Å². The van der Waals surface area contributed by atoms with Crippen molar-refractivity contribution in [1.82, 2.24) is 15.5 Å². The van der Waals surface area contributed by atoms with Crippen molar-refractivity contribution in [2.45, 2.75) is 51.6 Å². The standard InChI is InChI=1S/C26H33N3O4/c1-19-7-6-8-20(2)29(19)25(31)18-33-23-13-11-22(12-14-23)26(32)28-17-24(30)27-16-15-21-9-4-3-5-10-21/h3-5,9-14,19-20H,6-8,15-18H2,1-2H3,(H,27,30)(H,28,32). The zero-order valence-electron chi connectivity index (χ0n) is 19.4. The second-order valence-electron chi connectivity index (χ2n) is 8.51. The van der Waals surface area contributed by atoms with Gasteiger partial charge in [0.05, 0.1) is 6.54 Å². The van der Waals surface area contributed by atoms with E-state index in [4.69, 9.17) is 4.74 Å². The number of nitrogens with zero attached hydrogens (tertiary/aromatic N) is 1. The third kappa shape index (κ3) is 7.34. The molecule has 0 bridgehead atoms. The second kappa shape index (κ2) is 12.0. The van der Waals surface area contributed by atoms with Gasteiger partial charge in [0.15, 0.2) is 6.61 Å². The van der Waals surface area contributed by atoms with Gasteiger partial charge in [0.2, 0.25) is 5.91 Å². The highest BCUT2D eigenvalue weighted by molar-refractivity contribution is 5.96. The molecule has 3 amide bonds. The largest absolute Gasteiger partial charge is 0.484 e. The molecule has 7 nitrogen and oxygen atoms in total. The summed E-state index contributed by atoms with van der Waals surface area (Å²) in [6.07, 6.45) is 3.92. The van der Waals surface area contributed by atoms with Gasteiger partial charge in [0.25, 0.3) is 11.8 Å². The van der Waals surface area contributed by atoms with Crippen LogP contribution in [0.1, 0.15) is 49.0 Å². The first-order valence-electron chi connectivity index (χ1n) is 11.6. The molecule has 1 fully saturated rings. The predicted octanol–water partition coefficient (Wildman–Crippen LogP) is 2.94. The molecule has 2 atom stereocenters. The first-order chi connectivity index (χ1) is 15.9. The van der Waals surface area contributed by atoms with Crippen LogP contribution in [0.4, 0.5) is 0 Å². The van der Waals surface area contributed by atoms with Crippen LogP contribution in [-0.4, -0.2) is 54.4 Å². The van der Waals surface area contributed by atoms with Gasteiger partial charge in [0, 0.05) is 24.2 Å². The van der Waals surface area contributed by atoms with Gasteiger partial charge in [0.1, 0.15) is 5.75 Å². The smallest absolute Gasteiger partial charge is 0.260 e. The van der Waals surface area contributed by atoms with Crippen molar-refractivity contribution in [2.75, 3.05) is 19.7 Å². The summed E-state index contributed by atoms with van der Waals surface area (Å²) in [6, 6.07) is 16.9. The summed E-state index contributed by atoms with van der Waals surface area (Å²) in [7, 11) is 0. The Hall–Kier alpha value is -3.35. The highest BCUT2D eigenvalue weighted by Crippen LogP contribution is 2.23. The lowest BCUT2D eigenvalue weighted by Crippen LogP contribution is -2.49. The molecule has 0 saturated carbocycles. The van der Waals surface area contributed by atoms with Crippen molar-refractivity contribution < 1.29 is 19.1 Å². The summed E-state index contributed by atoms with van der Waals surface area (Å²) in [4.78, 5) is 38.8. The van der Waals surface area contributed by atoms with Gasteiger partial charge in [-0.05, 0) is 69.4 Å². The Morgan fingerprint density at radius 3 is 2.27 bits per heavy atom. The van der Waals surface area contributed by atoms with Crippen molar-refractivity contribution in [1.29, 1.82) is 0 Å². The van der Waals surface area contributed by atoms with Crippen molar-refractivity contribution in [3.63, 3.8) is 0 Å². The number of likely N-dealkylation sites (tertiary alicyclic amines) is 1. The van der Waals surface area contributed by atoms with Gasteiger partial charge in [-0.25, -0.2) is 0 Å². The molecule has 3 rings (SSSR count). The molecule has 2 unspecified atom stereocenters. The summed E-state index contributed by atoms with van der Waals surface area (Å²) in [5.74, 6) is -0.0728. The highest BCUT2D eigenvalue weighted by atomic mass is 16.5. The Morgan fingerprint density at radius 2 is 1.61 bits per heavy atom. The Balaban J connectivity index is 1.38. The maximum atomic E-state index is 12.6. The average molecular weight is 452 g/mol. The molecule has 0 spiro atoms. The van der Waals surface area contributed by atoms with Gasteiger partial charge < -0.3 is 20.3 Å². The fourth-order valence-electron chi connectivity index (χ4n) is 4.15. The van der Waals surface area contributed by atoms with E-state index in [1.54, 1.807) is 24.3 Å². The van der Waals surface area contributed by atoms with Crippen LogP contribution in [0, 0.1) is 0 Å². The molecule has 33 heavy (non-hydrogen) atoms. The van der Waals surface area contributed by atoms with Gasteiger partial charge in [-0.3, -0.25) is 14.4 Å². The highest BCUT2D eigenvalue weighted by Gasteiger charge is 2.28. The fourth-order valence-corrected chi connectivity index (χ4v) is 4.15. The fraction of sp³-hybridized carbons (Fsp3) is 0.423. The van der Waals surface area contributed by atoms with Gasteiger partial charge >= 0.3 is 0 Å². The topological polar surface area (TPSA) is 87.7 Å². The molecule has 1 heterocycles. The lowest BCUT2D eigenvalue weighted by atomic mass is 9.97. The van der Waals surface area contributed by atoms with E-state index in [1.807, 2.05) is 35.2 Å². The minimum atomic E-state index is -0.341. The molecular formula is C26H33N3O4. The summed E-state index contributed by atoms with van der Waals surface area (Å²) >= 11 is 0. The molecule has 0 radical (unpaired) electrons. The minimum absolute atomic E-state index is 0.0187. The van der Waals surface area contributed by atoms with Crippen LogP contribution in [0.3, 0.4) is 0 Å². The second-order valence-corrected chi connectivity index (χ2v) is 8.51. The maximum absolute atomic E-state index is 12.6. The van der Waals surface area contributed by atoms with E-state index in [9.17, 15) is 14.4 Å². The molecule has 7 heteroatoms. The normalized spacial score (nSPS) is 17.8. The van der Waals surface area contributed by atoms with Crippen LogP contribution in [0.2, 0.25) is 0 Å². The molecule has 0 aliphatic carbocycles.